The summed E-state index contributed by atoms with van der Waals surface area (Å²) in [5.41, 5.74) is 2.94. The molecule has 0 saturated heterocycles. The van der Waals surface area contributed by atoms with Crippen LogP contribution in [0.2, 0.25) is 5.02 Å². The maximum Gasteiger partial charge on any atom is 0.263 e. The van der Waals surface area contributed by atoms with Gasteiger partial charge in [-0.25, -0.2) is 4.98 Å². The molecule has 0 saturated carbocycles. The summed E-state index contributed by atoms with van der Waals surface area (Å²) in [6, 6.07) is 19.5. The highest BCUT2D eigenvalue weighted by Crippen LogP contribution is 2.32. The average Bonchev–Trinajstić information content (AvgIpc) is 3.23. The lowest BCUT2D eigenvalue weighted by atomic mass is 10.0. The van der Waals surface area contributed by atoms with Crippen molar-refractivity contribution in [3.8, 4) is 11.1 Å². The molecule has 0 aliphatic rings. The molecule has 5 rings (SSSR count). The first-order valence-corrected chi connectivity index (χ1v) is 11.3. The van der Waals surface area contributed by atoms with Crippen molar-refractivity contribution in [3.05, 3.63) is 93.3 Å². The third-order valence-electron chi connectivity index (χ3n) is 5.48. The van der Waals surface area contributed by atoms with Crippen LogP contribution in [0.25, 0.3) is 32.1 Å². The fourth-order valence-electron chi connectivity index (χ4n) is 3.74. The number of carbonyl (C=O) groups excluding carboxylic acids is 1. The summed E-state index contributed by atoms with van der Waals surface area (Å²) < 4.78 is 1.34. The van der Waals surface area contributed by atoms with Gasteiger partial charge in [-0.1, -0.05) is 54.1 Å². The van der Waals surface area contributed by atoms with Crippen molar-refractivity contribution in [3.63, 3.8) is 0 Å². The molecule has 1 amide bonds. The number of nitrogens with zero attached hydrogens (tertiary/aromatic N) is 2. The quantitative estimate of drug-likeness (QED) is 0.365. The van der Waals surface area contributed by atoms with E-state index < -0.39 is 0 Å². The van der Waals surface area contributed by atoms with Crippen molar-refractivity contribution in [1.29, 1.82) is 0 Å². The lowest BCUT2D eigenvalue weighted by Crippen LogP contribution is -2.28. The highest BCUT2D eigenvalue weighted by atomic mass is 35.5. The topological polar surface area (TPSA) is 64.0 Å². The maximum absolute atomic E-state index is 13.3. The zero-order valence-corrected chi connectivity index (χ0v) is 18.7. The molecule has 32 heavy (non-hydrogen) atoms. The molecular formula is C25H18ClN3O2S. The summed E-state index contributed by atoms with van der Waals surface area (Å²) in [4.78, 5) is 31.0. The number of hydrogen-bond donors (Lipinski definition) is 1. The Morgan fingerprint density at radius 2 is 1.91 bits per heavy atom. The van der Waals surface area contributed by atoms with Crippen molar-refractivity contribution < 1.29 is 4.79 Å². The fraction of sp³-hybridized carbons (Fsp3) is 0.0800. The van der Waals surface area contributed by atoms with E-state index in [-0.39, 0.29) is 18.0 Å². The Morgan fingerprint density at radius 3 is 2.75 bits per heavy atom. The summed E-state index contributed by atoms with van der Waals surface area (Å²) in [5, 5.41) is 8.11. The number of rotatable bonds is 4. The van der Waals surface area contributed by atoms with Crippen LogP contribution < -0.4 is 10.9 Å². The lowest BCUT2D eigenvalue weighted by molar-refractivity contribution is -0.116. The van der Waals surface area contributed by atoms with E-state index in [0.717, 1.165) is 27.5 Å². The Kier molecular flexibility index (Phi) is 5.25. The second kappa shape index (κ2) is 8.22. The zero-order chi connectivity index (χ0) is 22.2. The predicted molar refractivity (Wildman–Crippen MR) is 132 cm³/mol. The Hall–Kier alpha value is -3.48. The van der Waals surface area contributed by atoms with Crippen molar-refractivity contribution in [2.45, 2.75) is 13.5 Å². The SMILES string of the molecule is Cc1c(Cl)cccc1NC(=O)Cn1cnc2scc(-c3ccc4ccccc4c3)c2c1=O. The number of amides is 1. The van der Waals surface area contributed by atoms with Gasteiger partial charge < -0.3 is 5.32 Å². The number of thiophene rings is 1. The Morgan fingerprint density at radius 1 is 1.09 bits per heavy atom. The van der Waals surface area contributed by atoms with Gasteiger partial charge in [-0.05, 0) is 47.0 Å². The van der Waals surface area contributed by atoms with E-state index in [0.29, 0.717) is 20.9 Å². The van der Waals surface area contributed by atoms with Gasteiger partial charge in [0.1, 0.15) is 11.4 Å². The molecule has 7 heteroatoms. The van der Waals surface area contributed by atoms with Crippen LogP contribution in [0, 0.1) is 6.92 Å². The number of hydrogen-bond acceptors (Lipinski definition) is 4. The Labute approximate surface area is 192 Å². The summed E-state index contributed by atoms with van der Waals surface area (Å²) in [6.45, 7) is 1.69. The fourth-order valence-corrected chi connectivity index (χ4v) is 4.82. The molecule has 0 aliphatic carbocycles. The molecule has 0 atom stereocenters. The highest BCUT2D eigenvalue weighted by Gasteiger charge is 2.15. The third-order valence-corrected chi connectivity index (χ3v) is 6.77. The van der Waals surface area contributed by atoms with E-state index in [2.05, 4.69) is 22.4 Å². The molecule has 158 valence electrons. The number of benzene rings is 3. The molecule has 0 fully saturated rings. The number of fused-ring (bicyclic) bond motifs is 2. The predicted octanol–water partition coefficient (Wildman–Crippen LogP) is 5.88. The first-order valence-electron chi connectivity index (χ1n) is 10.0. The van der Waals surface area contributed by atoms with Crippen LogP contribution in [0.1, 0.15) is 5.56 Å². The van der Waals surface area contributed by atoms with E-state index in [9.17, 15) is 9.59 Å². The Bertz CT molecular complexity index is 1550. The second-order valence-corrected chi connectivity index (χ2v) is 8.79. The molecule has 3 aromatic carbocycles. The van der Waals surface area contributed by atoms with Crippen LogP contribution in [0.5, 0.6) is 0 Å². The molecule has 5 aromatic rings. The first-order chi connectivity index (χ1) is 15.5. The minimum Gasteiger partial charge on any atom is -0.324 e. The van der Waals surface area contributed by atoms with Gasteiger partial charge in [-0.2, -0.15) is 0 Å². The molecule has 0 aliphatic heterocycles. The number of aromatic nitrogens is 2. The third kappa shape index (κ3) is 3.68. The maximum atomic E-state index is 13.3. The molecule has 0 radical (unpaired) electrons. The number of nitrogens with one attached hydrogen (secondary N) is 1. The summed E-state index contributed by atoms with van der Waals surface area (Å²) in [5.74, 6) is -0.318. The van der Waals surface area contributed by atoms with E-state index >= 15 is 0 Å². The zero-order valence-electron chi connectivity index (χ0n) is 17.1. The van der Waals surface area contributed by atoms with Gasteiger partial charge in [0.15, 0.2) is 0 Å². The summed E-state index contributed by atoms with van der Waals surface area (Å²) in [6.07, 6.45) is 1.43. The van der Waals surface area contributed by atoms with Gasteiger partial charge >= 0.3 is 0 Å². The van der Waals surface area contributed by atoms with Gasteiger partial charge in [-0.15, -0.1) is 11.3 Å². The molecule has 2 aromatic heterocycles. The molecule has 5 nitrogen and oxygen atoms in total. The van der Waals surface area contributed by atoms with E-state index in [4.69, 9.17) is 11.6 Å². The van der Waals surface area contributed by atoms with E-state index in [1.807, 2.05) is 42.6 Å². The van der Waals surface area contributed by atoms with Gasteiger partial charge in [0, 0.05) is 21.7 Å². The van der Waals surface area contributed by atoms with Crippen molar-refractivity contribution in [2.24, 2.45) is 0 Å². The molecular weight excluding hydrogens is 442 g/mol. The van der Waals surface area contributed by atoms with E-state index in [1.54, 1.807) is 18.2 Å². The smallest absolute Gasteiger partial charge is 0.263 e. The van der Waals surface area contributed by atoms with Gasteiger partial charge in [0.05, 0.1) is 11.7 Å². The first kappa shape index (κ1) is 20.4. The van der Waals surface area contributed by atoms with Crippen molar-refractivity contribution in [1.82, 2.24) is 9.55 Å². The molecule has 0 spiro atoms. The van der Waals surface area contributed by atoms with Crippen LogP contribution in [-0.4, -0.2) is 15.5 Å². The van der Waals surface area contributed by atoms with Gasteiger partial charge in [0.25, 0.3) is 5.56 Å². The van der Waals surface area contributed by atoms with Crippen molar-refractivity contribution >= 4 is 55.5 Å². The minimum atomic E-state index is -0.318. The second-order valence-electron chi connectivity index (χ2n) is 7.53. The number of carbonyl (C=O) groups is 1. The Balaban J connectivity index is 1.50. The van der Waals surface area contributed by atoms with Crippen LogP contribution in [-0.2, 0) is 11.3 Å². The van der Waals surface area contributed by atoms with Gasteiger partial charge in [0.2, 0.25) is 5.91 Å². The molecule has 1 N–H and O–H groups in total. The van der Waals surface area contributed by atoms with Crippen LogP contribution in [0.3, 0.4) is 0 Å². The van der Waals surface area contributed by atoms with E-state index in [1.165, 1.54) is 22.2 Å². The lowest BCUT2D eigenvalue weighted by Gasteiger charge is -2.10. The number of halogens is 1. The van der Waals surface area contributed by atoms with Crippen molar-refractivity contribution in [2.75, 3.05) is 5.32 Å². The monoisotopic (exact) mass is 459 g/mol. The molecule has 0 bridgehead atoms. The summed E-state index contributed by atoms with van der Waals surface area (Å²) in [7, 11) is 0. The summed E-state index contributed by atoms with van der Waals surface area (Å²) >= 11 is 7.55. The molecule has 0 unspecified atom stereocenters. The molecule has 2 heterocycles. The number of anilines is 1. The normalized spacial score (nSPS) is 11.2. The van der Waals surface area contributed by atoms with Crippen LogP contribution in [0.15, 0.2) is 77.2 Å². The highest BCUT2D eigenvalue weighted by molar-refractivity contribution is 7.17. The largest absolute Gasteiger partial charge is 0.324 e. The van der Waals surface area contributed by atoms with Crippen LogP contribution in [0.4, 0.5) is 5.69 Å². The van der Waals surface area contributed by atoms with Crippen LogP contribution >= 0.6 is 22.9 Å². The van der Waals surface area contributed by atoms with Gasteiger partial charge in [-0.3, -0.25) is 14.2 Å². The average molecular weight is 460 g/mol. The minimum absolute atomic E-state index is 0.138. The standard InChI is InChI=1S/C25H18ClN3O2S/c1-15-20(26)7-4-8-21(15)28-22(30)12-29-14-27-24-23(25(29)31)19(13-32-24)18-10-9-16-5-2-3-6-17(16)11-18/h2-11,13-14H,12H2,1H3,(H,28,30).